The van der Waals surface area contributed by atoms with Gasteiger partial charge in [-0.15, -0.1) is 0 Å². The fraction of sp³-hybridized carbons (Fsp3) is 0.933. The molecule has 2 atom stereocenters. The summed E-state index contributed by atoms with van der Waals surface area (Å²) in [6.07, 6.45) is 3.71. The Morgan fingerprint density at radius 1 is 1.11 bits per heavy atom. The Balaban J connectivity index is 2.17. The van der Waals surface area contributed by atoms with Crippen LogP contribution in [0.25, 0.3) is 0 Å². The van der Waals surface area contributed by atoms with E-state index in [-0.39, 0.29) is 5.44 Å². The number of hydrogen-bond donors (Lipinski definition) is 0. The molecule has 0 radical (unpaired) electrons. The molecule has 1 aliphatic heterocycles. The summed E-state index contributed by atoms with van der Waals surface area (Å²) in [5.74, 6) is 1.53. The lowest BCUT2D eigenvalue weighted by Crippen LogP contribution is -2.39. The molecule has 1 aliphatic carbocycles. The van der Waals surface area contributed by atoms with Crippen molar-refractivity contribution in [3.05, 3.63) is 0 Å². The Hall–Kier alpha value is -0.180. The number of thioether (sulfide) groups is 1. The molecule has 0 N–H and O–H groups in total. The summed E-state index contributed by atoms with van der Waals surface area (Å²) in [5.41, 5.74) is 1.05. The van der Waals surface area contributed by atoms with Gasteiger partial charge in [-0.2, -0.15) is 0 Å². The highest BCUT2D eigenvalue weighted by atomic mass is 32.2. The Bertz CT molecular complexity index is 332. The van der Waals surface area contributed by atoms with E-state index < -0.39 is 0 Å². The number of aliphatic imine (C=N–C) groups is 1. The van der Waals surface area contributed by atoms with E-state index in [0.717, 1.165) is 5.90 Å². The van der Waals surface area contributed by atoms with Crippen LogP contribution in [0.2, 0.25) is 0 Å². The second-order valence-corrected chi connectivity index (χ2v) is 9.12. The number of ether oxygens (including phenoxy) is 1. The highest BCUT2D eigenvalue weighted by Crippen LogP contribution is 2.49. The summed E-state index contributed by atoms with van der Waals surface area (Å²) in [4.78, 5) is 4.74. The smallest absolute Gasteiger partial charge is 0.188 e. The van der Waals surface area contributed by atoms with Crippen LogP contribution in [0.15, 0.2) is 4.99 Å². The Morgan fingerprint density at radius 3 is 2.17 bits per heavy atom. The summed E-state index contributed by atoms with van der Waals surface area (Å²) < 4.78 is 6.00. The van der Waals surface area contributed by atoms with Crippen molar-refractivity contribution in [3.8, 4) is 0 Å². The summed E-state index contributed by atoms with van der Waals surface area (Å²) in [5, 5.41) is 0.344. The second kappa shape index (κ2) is 4.73. The first kappa shape index (κ1) is 14.2. The molecule has 18 heavy (non-hydrogen) atoms. The highest BCUT2D eigenvalue weighted by Gasteiger charge is 2.41. The molecular weight excluding hydrogens is 242 g/mol. The summed E-state index contributed by atoms with van der Waals surface area (Å²) in [6.45, 7) is 13.8. The van der Waals surface area contributed by atoms with Crippen molar-refractivity contribution >= 4 is 17.7 Å². The topological polar surface area (TPSA) is 21.6 Å². The van der Waals surface area contributed by atoms with E-state index in [0.29, 0.717) is 22.1 Å². The Labute approximate surface area is 116 Å². The van der Waals surface area contributed by atoms with Crippen LogP contribution in [0.5, 0.6) is 0 Å². The van der Waals surface area contributed by atoms with Crippen LogP contribution in [0.1, 0.15) is 60.8 Å². The molecule has 0 spiro atoms. The highest BCUT2D eigenvalue weighted by molar-refractivity contribution is 8.00. The largest absolute Gasteiger partial charge is 0.467 e. The first-order valence-corrected chi connectivity index (χ1v) is 8.01. The monoisotopic (exact) mass is 269 g/mol. The van der Waals surface area contributed by atoms with E-state index in [9.17, 15) is 0 Å². The molecule has 2 aliphatic rings. The molecule has 0 saturated heterocycles. The first-order valence-electron chi connectivity index (χ1n) is 7.07. The minimum absolute atomic E-state index is 0.251. The maximum atomic E-state index is 6.00. The van der Waals surface area contributed by atoms with Crippen LogP contribution >= 0.6 is 11.8 Å². The van der Waals surface area contributed by atoms with Gasteiger partial charge in [-0.1, -0.05) is 39.5 Å². The first-order chi connectivity index (χ1) is 8.17. The molecule has 104 valence electrons. The standard InChI is InChI=1S/C15H27NOS/c1-10-16-13(17-11(2)18-10)12-7-14(3,4)9-15(5,6)8-12/h10-12H,7-9H2,1-6H3. The third-order valence-corrected chi connectivity index (χ3v) is 4.87. The minimum Gasteiger partial charge on any atom is -0.467 e. The van der Waals surface area contributed by atoms with Crippen molar-refractivity contribution in [2.75, 3.05) is 0 Å². The summed E-state index contributed by atoms with van der Waals surface area (Å²) in [6, 6.07) is 0. The molecule has 1 fully saturated rings. The average Bonchev–Trinajstić information content (AvgIpc) is 2.10. The second-order valence-electron chi connectivity index (χ2n) is 7.50. The zero-order valence-electron chi connectivity index (χ0n) is 12.6. The lowest BCUT2D eigenvalue weighted by molar-refractivity contribution is 0.0799. The van der Waals surface area contributed by atoms with Gasteiger partial charge in [0.25, 0.3) is 0 Å². The normalized spacial score (nSPS) is 35.8. The molecule has 2 unspecified atom stereocenters. The van der Waals surface area contributed by atoms with Crippen molar-refractivity contribution in [3.63, 3.8) is 0 Å². The molecule has 0 amide bonds. The predicted molar refractivity (Wildman–Crippen MR) is 79.9 cm³/mol. The molecule has 0 aromatic heterocycles. The Kier molecular flexibility index (Phi) is 3.74. The Morgan fingerprint density at radius 2 is 1.67 bits per heavy atom. The van der Waals surface area contributed by atoms with E-state index in [1.165, 1.54) is 19.3 Å². The lowest BCUT2D eigenvalue weighted by atomic mass is 9.61. The molecule has 2 rings (SSSR count). The third kappa shape index (κ3) is 3.43. The van der Waals surface area contributed by atoms with Crippen molar-refractivity contribution in [1.29, 1.82) is 0 Å². The maximum Gasteiger partial charge on any atom is 0.188 e. The van der Waals surface area contributed by atoms with Gasteiger partial charge in [0.1, 0.15) is 5.44 Å². The van der Waals surface area contributed by atoms with E-state index in [1.54, 1.807) is 11.8 Å². The van der Waals surface area contributed by atoms with E-state index in [2.05, 4.69) is 41.5 Å². The fourth-order valence-electron chi connectivity index (χ4n) is 3.94. The SMILES string of the molecule is CC1N=C(C2CC(C)(C)CC(C)(C)C2)OC(C)S1. The molecule has 0 aromatic rings. The van der Waals surface area contributed by atoms with Gasteiger partial charge in [0.15, 0.2) is 5.90 Å². The maximum absolute atomic E-state index is 6.00. The number of hydrogen-bond acceptors (Lipinski definition) is 3. The van der Waals surface area contributed by atoms with Crippen molar-refractivity contribution in [1.82, 2.24) is 0 Å². The molecule has 3 heteroatoms. The van der Waals surface area contributed by atoms with Gasteiger partial charge < -0.3 is 4.74 Å². The molecule has 1 saturated carbocycles. The van der Waals surface area contributed by atoms with Crippen LogP contribution in [-0.4, -0.2) is 16.7 Å². The van der Waals surface area contributed by atoms with Crippen LogP contribution in [0.3, 0.4) is 0 Å². The van der Waals surface area contributed by atoms with E-state index in [1.807, 2.05) is 0 Å². The van der Waals surface area contributed by atoms with Crippen LogP contribution in [0.4, 0.5) is 0 Å². The number of rotatable bonds is 1. The zero-order chi connectivity index (χ0) is 13.6. The molecular formula is C15H27NOS. The van der Waals surface area contributed by atoms with Crippen LogP contribution < -0.4 is 0 Å². The van der Waals surface area contributed by atoms with Gasteiger partial charge in [-0.3, -0.25) is 0 Å². The third-order valence-electron chi connectivity index (χ3n) is 3.89. The van der Waals surface area contributed by atoms with Crippen LogP contribution in [-0.2, 0) is 4.74 Å². The van der Waals surface area contributed by atoms with Crippen molar-refractivity contribution in [2.45, 2.75) is 71.6 Å². The lowest BCUT2D eigenvalue weighted by Gasteiger charge is -2.45. The van der Waals surface area contributed by atoms with Crippen molar-refractivity contribution < 1.29 is 4.74 Å². The quantitative estimate of drug-likeness (QED) is 0.688. The van der Waals surface area contributed by atoms with Gasteiger partial charge in [-0.25, -0.2) is 4.99 Å². The van der Waals surface area contributed by atoms with E-state index in [4.69, 9.17) is 9.73 Å². The minimum atomic E-state index is 0.251. The van der Waals surface area contributed by atoms with Crippen molar-refractivity contribution in [2.24, 2.45) is 21.7 Å². The summed E-state index contributed by atoms with van der Waals surface area (Å²) in [7, 11) is 0. The van der Waals surface area contributed by atoms with Gasteiger partial charge in [0.2, 0.25) is 0 Å². The summed E-state index contributed by atoms with van der Waals surface area (Å²) >= 11 is 1.80. The van der Waals surface area contributed by atoms with Gasteiger partial charge in [0, 0.05) is 5.92 Å². The van der Waals surface area contributed by atoms with Gasteiger partial charge in [0.05, 0.1) is 5.37 Å². The molecule has 2 nitrogen and oxygen atoms in total. The van der Waals surface area contributed by atoms with E-state index >= 15 is 0 Å². The zero-order valence-corrected chi connectivity index (χ0v) is 13.4. The average molecular weight is 269 g/mol. The van der Waals surface area contributed by atoms with Gasteiger partial charge in [-0.05, 0) is 43.9 Å². The molecule has 0 bridgehead atoms. The van der Waals surface area contributed by atoms with Crippen LogP contribution in [0, 0.1) is 16.7 Å². The molecule has 1 heterocycles. The fourth-order valence-corrected chi connectivity index (χ4v) is 4.81. The molecule has 0 aromatic carbocycles. The number of nitrogens with zero attached hydrogens (tertiary/aromatic N) is 1. The predicted octanol–water partition coefficient (Wildman–Crippen LogP) is 4.69. The van der Waals surface area contributed by atoms with Gasteiger partial charge >= 0.3 is 0 Å².